The van der Waals surface area contributed by atoms with Crippen molar-refractivity contribution < 1.29 is 0 Å². The first-order chi connectivity index (χ1) is 7.86. The van der Waals surface area contributed by atoms with Crippen LogP contribution in [0.1, 0.15) is 0 Å². The average Bonchev–Trinajstić information content (AvgIpc) is 2.76. The van der Waals surface area contributed by atoms with Crippen molar-refractivity contribution in [1.29, 1.82) is 0 Å². The van der Waals surface area contributed by atoms with Gasteiger partial charge < -0.3 is 16.4 Å². The Hall–Kier alpha value is -1.17. The predicted octanol–water partition coefficient (Wildman–Crippen LogP) is 1.02. The van der Waals surface area contributed by atoms with E-state index in [2.05, 4.69) is 21.3 Å². The van der Waals surface area contributed by atoms with Gasteiger partial charge in [0.05, 0.1) is 0 Å². The second-order valence-electron chi connectivity index (χ2n) is 3.53. The molecule has 0 aliphatic carbocycles. The Morgan fingerprint density at radius 1 is 1.19 bits per heavy atom. The van der Waals surface area contributed by atoms with E-state index in [4.69, 9.17) is 11.5 Å². The Morgan fingerprint density at radius 2 is 1.94 bits per heavy atom. The summed E-state index contributed by atoms with van der Waals surface area (Å²) in [6.07, 6.45) is 1.84. The van der Waals surface area contributed by atoms with Crippen molar-refractivity contribution in [2.45, 2.75) is 0 Å². The summed E-state index contributed by atoms with van der Waals surface area (Å²) in [5.41, 5.74) is 11.2. The van der Waals surface area contributed by atoms with Gasteiger partial charge in [-0.25, -0.2) is 4.98 Å². The molecule has 0 saturated heterocycles. The second kappa shape index (κ2) is 5.25. The molecule has 0 unspecified atom stereocenters. The molecule has 0 bridgehead atoms. The van der Waals surface area contributed by atoms with Gasteiger partial charge in [-0.2, -0.15) is 0 Å². The van der Waals surface area contributed by atoms with Crippen LogP contribution in [-0.2, 0) is 0 Å². The zero-order chi connectivity index (χ0) is 11.4. The number of aromatic nitrogens is 1. The Labute approximate surface area is 98.9 Å². The number of fused-ring (bicyclic) bond motifs is 1. The van der Waals surface area contributed by atoms with Crippen LogP contribution in [0.5, 0.6) is 0 Å². The maximum absolute atomic E-state index is 5.61. The Bertz CT molecular complexity index is 448. The molecule has 16 heavy (non-hydrogen) atoms. The van der Waals surface area contributed by atoms with Gasteiger partial charge in [0.2, 0.25) is 0 Å². The molecule has 0 spiro atoms. The van der Waals surface area contributed by atoms with Gasteiger partial charge in [-0.1, -0.05) is 0 Å². The molecule has 0 aliphatic rings. The number of rotatable bonds is 5. The zero-order valence-electron chi connectivity index (χ0n) is 9.10. The molecule has 2 aromatic rings. The highest BCUT2D eigenvalue weighted by Gasteiger charge is 2.10. The fourth-order valence-electron chi connectivity index (χ4n) is 1.77. The summed E-state index contributed by atoms with van der Waals surface area (Å²) < 4.78 is 1.25. The van der Waals surface area contributed by atoms with E-state index in [1.54, 1.807) is 11.3 Å². The van der Waals surface area contributed by atoms with Gasteiger partial charge in [0.1, 0.15) is 5.82 Å². The van der Waals surface area contributed by atoms with Crippen LogP contribution in [0.15, 0.2) is 23.7 Å². The molecule has 2 rings (SSSR count). The van der Waals surface area contributed by atoms with E-state index in [1.165, 1.54) is 10.1 Å². The lowest BCUT2D eigenvalue weighted by molar-refractivity contribution is 0.774. The standard InChI is InChI=1S/C11H16N4S/c12-3-6-15(7-4-13)11-9-2-8-16-10(9)1-5-14-11/h1-2,5,8H,3-4,6-7,12-13H2. The molecule has 2 aromatic heterocycles. The van der Waals surface area contributed by atoms with E-state index in [1.807, 2.05) is 12.3 Å². The molecule has 0 fully saturated rings. The summed E-state index contributed by atoms with van der Waals surface area (Å²) in [5.74, 6) is 0.995. The average molecular weight is 236 g/mol. The van der Waals surface area contributed by atoms with Crippen molar-refractivity contribution in [3.05, 3.63) is 23.7 Å². The summed E-state index contributed by atoms with van der Waals surface area (Å²) in [4.78, 5) is 6.59. The van der Waals surface area contributed by atoms with Gasteiger partial charge in [0, 0.05) is 42.5 Å². The highest BCUT2D eigenvalue weighted by Crippen LogP contribution is 2.27. The second-order valence-corrected chi connectivity index (χ2v) is 4.48. The molecule has 0 amide bonds. The fraction of sp³-hybridized carbons (Fsp3) is 0.364. The lowest BCUT2D eigenvalue weighted by Gasteiger charge is -2.22. The quantitative estimate of drug-likeness (QED) is 0.813. The van der Waals surface area contributed by atoms with Crippen LogP contribution in [0.4, 0.5) is 5.82 Å². The number of hydrogen-bond donors (Lipinski definition) is 2. The maximum Gasteiger partial charge on any atom is 0.137 e. The summed E-state index contributed by atoms with van der Waals surface area (Å²) >= 11 is 1.73. The van der Waals surface area contributed by atoms with E-state index in [0.717, 1.165) is 18.9 Å². The molecular formula is C11H16N4S. The molecule has 4 N–H and O–H groups in total. The van der Waals surface area contributed by atoms with Crippen LogP contribution in [-0.4, -0.2) is 31.2 Å². The monoisotopic (exact) mass is 236 g/mol. The van der Waals surface area contributed by atoms with Gasteiger partial charge in [-0.05, 0) is 17.5 Å². The number of hydrogen-bond acceptors (Lipinski definition) is 5. The molecule has 5 heteroatoms. The van der Waals surface area contributed by atoms with Crippen molar-refractivity contribution in [2.75, 3.05) is 31.1 Å². The topological polar surface area (TPSA) is 68.2 Å². The first-order valence-corrected chi connectivity index (χ1v) is 6.22. The van der Waals surface area contributed by atoms with Crippen LogP contribution < -0.4 is 16.4 Å². The smallest absolute Gasteiger partial charge is 0.137 e. The predicted molar refractivity (Wildman–Crippen MR) is 69.9 cm³/mol. The molecule has 0 saturated carbocycles. The summed E-state index contributed by atoms with van der Waals surface area (Å²) in [7, 11) is 0. The normalized spacial score (nSPS) is 10.9. The van der Waals surface area contributed by atoms with E-state index < -0.39 is 0 Å². The molecule has 4 nitrogen and oxygen atoms in total. The van der Waals surface area contributed by atoms with Crippen molar-refractivity contribution in [3.63, 3.8) is 0 Å². The number of nitrogens with two attached hydrogens (primary N) is 2. The minimum absolute atomic E-state index is 0.613. The minimum Gasteiger partial charge on any atom is -0.354 e. The first-order valence-electron chi connectivity index (χ1n) is 5.34. The van der Waals surface area contributed by atoms with Crippen LogP contribution in [0.3, 0.4) is 0 Å². The van der Waals surface area contributed by atoms with Crippen LogP contribution >= 0.6 is 11.3 Å². The minimum atomic E-state index is 0.613. The molecule has 0 radical (unpaired) electrons. The highest BCUT2D eigenvalue weighted by atomic mass is 32.1. The van der Waals surface area contributed by atoms with Crippen molar-refractivity contribution in [1.82, 2.24) is 4.98 Å². The molecule has 0 atom stereocenters. The first kappa shape index (κ1) is 11.3. The van der Waals surface area contributed by atoms with Gasteiger partial charge in [-0.15, -0.1) is 11.3 Å². The number of anilines is 1. The maximum atomic E-state index is 5.61. The van der Waals surface area contributed by atoms with Crippen molar-refractivity contribution >= 4 is 27.2 Å². The molecular weight excluding hydrogens is 220 g/mol. The Kier molecular flexibility index (Phi) is 3.71. The van der Waals surface area contributed by atoms with E-state index in [9.17, 15) is 0 Å². The third-order valence-corrected chi connectivity index (χ3v) is 3.34. The van der Waals surface area contributed by atoms with E-state index >= 15 is 0 Å². The number of thiophene rings is 1. The third kappa shape index (κ3) is 2.16. The van der Waals surface area contributed by atoms with Gasteiger partial charge in [0.25, 0.3) is 0 Å². The lowest BCUT2D eigenvalue weighted by Crippen LogP contribution is -2.34. The lowest BCUT2D eigenvalue weighted by atomic mass is 10.3. The van der Waals surface area contributed by atoms with Gasteiger partial charge >= 0.3 is 0 Å². The van der Waals surface area contributed by atoms with Crippen LogP contribution in [0.2, 0.25) is 0 Å². The van der Waals surface area contributed by atoms with Crippen molar-refractivity contribution in [3.8, 4) is 0 Å². The van der Waals surface area contributed by atoms with Gasteiger partial charge in [-0.3, -0.25) is 0 Å². The molecule has 0 aliphatic heterocycles. The molecule has 0 aromatic carbocycles. The summed E-state index contributed by atoms with van der Waals surface area (Å²) in [6, 6.07) is 4.13. The van der Waals surface area contributed by atoms with Gasteiger partial charge in [0.15, 0.2) is 0 Å². The zero-order valence-corrected chi connectivity index (χ0v) is 9.91. The Morgan fingerprint density at radius 3 is 2.62 bits per heavy atom. The van der Waals surface area contributed by atoms with E-state index in [0.29, 0.717) is 13.1 Å². The SMILES string of the molecule is NCCN(CCN)c1nccc2sccc12. The summed E-state index contributed by atoms with van der Waals surface area (Å²) in [6.45, 7) is 2.81. The highest BCUT2D eigenvalue weighted by molar-refractivity contribution is 7.17. The largest absolute Gasteiger partial charge is 0.354 e. The van der Waals surface area contributed by atoms with Crippen molar-refractivity contribution in [2.24, 2.45) is 11.5 Å². The number of pyridine rings is 1. The number of nitrogens with zero attached hydrogens (tertiary/aromatic N) is 2. The van der Waals surface area contributed by atoms with E-state index in [-0.39, 0.29) is 0 Å². The Balaban J connectivity index is 2.38. The van der Waals surface area contributed by atoms with Crippen LogP contribution in [0, 0.1) is 0 Å². The molecule has 2 heterocycles. The third-order valence-electron chi connectivity index (χ3n) is 2.46. The fourth-order valence-corrected chi connectivity index (χ4v) is 2.54. The van der Waals surface area contributed by atoms with Crippen LogP contribution in [0.25, 0.3) is 10.1 Å². The molecule has 86 valence electrons. The summed E-state index contributed by atoms with van der Waals surface area (Å²) in [5, 5.41) is 3.27.